The van der Waals surface area contributed by atoms with E-state index in [2.05, 4.69) is 12.2 Å². The fraction of sp³-hybridized carbons (Fsp3) is 0.400. The molecule has 0 aliphatic carbocycles. The highest BCUT2D eigenvalue weighted by atomic mass is 16.5. The molecule has 130 valence electrons. The van der Waals surface area contributed by atoms with Gasteiger partial charge in [0.05, 0.1) is 13.2 Å². The van der Waals surface area contributed by atoms with Crippen LogP contribution in [0.3, 0.4) is 0 Å². The van der Waals surface area contributed by atoms with E-state index in [9.17, 15) is 10.2 Å². The second-order valence-electron chi connectivity index (χ2n) is 5.98. The molecule has 0 fully saturated rings. The van der Waals surface area contributed by atoms with Crippen molar-refractivity contribution in [1.29, 1.82) is 0 Å². The van der Waals surface area contributed by atoms with Crippen molar-refractivity contribution in [2.75, 3.05) is 13.2 Å². The van der Waals surface area contributed by atoms with E-state index in [1.165, 1.54) is 0 Å². The molecule has 2 rings (SSSR count). The molecule has 4 heteroatoms. The van der Waals surface area contributed by atoms with E-state index in [0.29, 0.717) is 6.54 Å². The van der Waals surface area contributed by atoms with Crippen molar-refractivity contribution in [3.05, 3.63) is 59.7 Å². The van der Waals surface area contributed by atoms with Crippen LogP contribution in [0, 0.1) is 0 Å². The molecule has 0 heterocycles. The van der Waals surface area contributed by atoms with Crippen molar-refractivity contribution in [2.45, 2.75) is 38.8 Å². The molecular weight excluding hydrogens is 302 g/mol. The summed E-state index contributed by atoms with van der Waals surface area (Å²) >= 11 is 0. The van der Waals surface area contributed by atoms with E-state index in [-0.39, 0.29) is 18.4 Å². The number of aromatic hydroxyl groups is 1. The van der Waals surface area contributed by atoms with Gasteiger partial charge >= 0.3 is 0 Å². The smallest absolute Gasteiger partial charge is 0.119 e. The average Bonchev–Trinajstić information content (AvgIpc) is 2.60. The van der Waals surface area contributed by atoms with Crippen molar-refractivity contribution in [2.24, 2.45) is 0 Å². The van der Waals surface area contributed by atoms with Crippen molar-refractivity contribution in [3.8, 4) is 11.5 Å². The van der Waals surface area contributed by atoms with Crippen LogP contribution in [0.4, 0.5) is 0 Å². The second kappa shape index (κ2) is 9.96. The zero-order chi connectivity index (χ0) is 17.2. The van der Waals surface area contributed by atoms with Crippen LogP contribution in [0.25, 0.3) is 0 Å². The second-order valence-corrected chi connectivity index (χ2v) is 5.98. The van der Waals surface area contributed by atoms with Crippen LogP contribution in [0.5, 0.6) is 11.5 Å². The van der Waals surface area contributed by atoms with Crippen LogP contribution in [0.2, 0.25) is 0 Å². The molecule has 24 heavy (non-hydrogen) atoms. The van der Waals surface area contributed by atoms with Crippen LogP contribution >= 0.6 is 0 Å². The standard InChI is InChI=1S/C20H27NO3/c1-2-3-11-24-20-9-7-16(8-10-20)12-18(15-22)21-14-17-5-4-6-19(23)13-17/h4-10,13,18,21-23H,2-3,11-12,14-15H2,1H3/t18-/m0/s1. The molecule has 0 aliphatic heterocycles. The van der Waals surface area contributed by atoms with Gasteiger partial charge < -0.3 is 20.3 Å². The highest BCUT2D eigenvalue weighted by molar-refractivity contribution is 5.28. The maximum Gasteiger partial charge on any atom is 0.119 e. The van der Waals surface area contributed by atoms with E-state index in [0.717, 1.165) is 42.7 Å². The third kappa shape index (κ3) is 6.22. The zero-order valence-electron chi connectivity index (χ0n) is 14.2. The van der Waals surface area contributed by atoms with Gasteiger partial charge in [-0.2, -0.15) is 0 Å². The fourth-order valence-corrected chi connectivity index (χ4v) is 2.47. The van der Waals surface area contributed by atoms with Gasteiger partial charge in [0.15, 0.2) is 0 Å². The summed E-state index contributed by atoms with van der Waals surface area (Å²) in [5.41, 5.74) is 2.15. The molecule has 0 radical (unpaired) electrons. The molecule has 1 atom stereocenters. The number of benzene rings is 2. The van der Waals surface area contributed by atoms with Gasteiger partial charge in [-0.3, -0.25) is 0 Å². The van der Waals surface area contributed by atoms with Gasteiger partial charge in [0.2, 0.25) is 0 Å². The molecule has 3 N–H and O–H groups in total. The van der Waals surface area contributed by atoms with Crippen LogP contribution in [0.15, 0.2) is 48.5 Å². The number of rotatable bonds is 10. The lowest BCUT2D eigenvalue weighted by Gasteiger charge is -2.17. The highest BCUT2D eigenvalue weighted by Crippen LogP contribution is 2.15. The van der Waals surface area contributed by atoms with Gasteiger partial charge in [-0.1, -0.05) is 37.6 Å². The van der Waals surface area contributed by atoms with Gasteiger partial charge in [0, 0.05) is 12.6 Å². The normalized spacial score (nSPS) is 12.1. The van der Waals surface area contributed by atoms with Crippen molar-refractivity contribution >= 4 is 0 Å². The molecule has 0 saturated heterocycles. The molecule has 0 saturated carbocycles. The highest BCUT2D eigenvalue weighted by Gasteiger charge is 2.08. The third-order valence-electron chi connectivity index (χ3n) is 3.90. The van der Waals surface area contributed by atoms with E-state index in [4.69, 9.17) is 4.74 Å². The number of phenols is 1. The SMILES string of the molecule is CCCCOc1ccc(C[C@@H](CO)NCc2cccc(O)c2)cc1. The Kier molecular flexibility index (Phi) is 7.59. The van der Waals surface area contributed by atoms with Crippen LogP contribution in [0.1, 0.15) is 30.9 Å². The summed E-state index contributed by atoms with van der Waals surface area (Å²) < 4.78 is 5.66. The van der Waals surface area contributed by atoms with E-state index in [1.807, 2.05) is 36.4 Å². The fourth-order valence-electron chi connectivity index (χ4n) is 2.47. The number of aliphatic hydroxyl groups is 1. The van der Waals surface area contributed by atoms with Crippen molar-refractivity contribution in [3.63, 3.8) is 0 Å². The van der Waals surface area contributed by atoms with Gasteiger partial charge in [-0.05, 0) is 48.2 Å². The number of hydrogen-bond donors (Lipinski definition) is 3. The van der Waals surface area contributed by atoms with Crippen LogP contribution in [-0.2, 0) is 13.0 Å². The Hall–Kier alpha value is -2.04. The minimum absolute atomic E-state index is 0.0285. The summed E-state index contributed by atoms with van der Waals surface area (Å²) in [5.74, 6) is 1.15. The van der Waals surface area contributed by atoms with Gasteiger partial charge in [-0.15, -0.1) is 0 Å². The quantitative estimate of drug-likeness (QED) is 0.586. The van der Waals surface area contributed by atoms with Crippen molar-refractivity contribution in [1.82, 2.24) is 5.32 Å². The first-order chi connectivity index (χ1) is 11.7. The third-order valence-corrected chi connectivity index (χ3v) is 3.90. The summed E-state index contributed by atoms with van der Waals surface area (Å²) in [6.07, 6.45) is 2.93. The molecule has 0 amide bonds. The molecule has 0 aromatic heterocycles. The lowest BCUT2D eigenvalue weighted by Crippen LogP contribution is -2.34. The molecule has 0 spiro atoms. The lowest BCUT2D eigenvalue weighted by molar-refractivity contribution is 0.240. The number of phenolic OH excluding ortho intramolecular Hbond substituents is 1. The maximum atomic E-state index is 9.58. The summed E-state index contributed by atoms with van der Waals surface area (Å²) in [4.78, 5) is 0. The Bertz CT molecular complexity index is 598. The Morgan fingerprint density at radius 1 is 1.08 bits per heavy atom. The topological polar surface area (TPSA) is 61.7 Å². The number of unbranched alkanes of at least 4 members (excludes halogenated alkanes) is 1. The Balaban J connectivity index is 1.83. The molecule has 0 bridgehead atoms. The Labute approximate surface area is 144 Å². The number of hydrogen-bond acceptors (Lipinski definition) is 4. The minimum atomic E-state index is -0.0285. The largest absolute Gasteiger partial charge is 0.508 e. The zero-order valence-corrected chi connectivity index (χ0v) is 14.2. The van der Waals surface area contributed by atoms with Crippen molar-refractivity contribution < 1.29 is 14.9 Å². The first-order valence-electron chi connectivity index (χ1n) is 8.55. The number of ether oxygens (including phenoxy) is 1. The van der Waals surface area contributed by atoms with Gasteiger partial charge in [-0.25, -0.2) is 0 Å². The molecular formula is C20H27NO3. The van der Waals surface area contributed by atoms with E-state index in [1.54, 1.807) is 12.1 Å². The predicted octanol–water partition coefficient (Wildman–Crippen LogP) is 3.26. The summed E-state index contributed by atoms with van der Waals surface area (Å²) in [6.45, 7) is 3.57. The monoisotopic (exact) mass is 329 g/mol. The number of aliphatic hydroxyl groups excluding tert-OH is 1. The van der Waals surface area contributed by atoms with Crippen LogP contribution < -0.4 is 10.1 Å². The first-order valence-corrected chi connectivity index (χ1v) is 8.55. The molecule has 0 unspecified atom stereocenters. The summed E-state index contributed by atoms with van der Waals surface area (Å²) in [7, 11) is 0. The van der Waals surface area contributed by atoms with E-state index < -0.39 is 0 Å². The predicted molar refractivity (Wildman–Crippen MR) is 96.4 cm³/mol. The van der Waals surface area contributed by atoms with Gasteiger partial charge in [0.1, 0.15) is 11.5 Å². The van der Waals surface area contributed by atoms with Crippen LogP contribution in [-0.4, -0.2) is 29.5 Å². The first kappa shape index (κ1) is 18.3. The van der Waals surface area contributed by atoms with Gasteiger partial charge in [0.25, 0.3) is 0 Å². The molecule has 2 aromatic rings. The molecule has 0 aliphatic rings. The molecule has 4 nitrogen and oxygen atoms in total. The Morgan fingerprint density at radius 2 is 1.88 bits per heavy atom. The lowest BCUT2D eigenvalue weighted by atomic mass is 10.1. The summed E-state index contributed by atoms with van der Waals surface area (Å²) in [6, 6.07) is 15.2. The average molecular weight is 329 g/mol. The minimum Gasteiger partial charge on any atom is -0.508 e. The molecule has 2 aromatic carbocycles. The van der Waals surface area contributed by atoms with E-state index >= 15 is 0 Å². The Morgan fingerprint density at radius 3 is 2.54 bits per heavy atom. The summed E-state index contributed by atoms with van der Waals surface area (Å²) in [5, 5.41) is 22.4. The number of nitrogens with one attached hydrogen (secondary N) is 1. The maximum absolute atomic E-state index is 9.58.